The molecule has 19 heavy (non-hydrogen) atoms. The van der Waals surface area contributed by atoms with Gasteiger partial charge in [0.2, 0.25) is 11.8 Å². The quantitative estimate of drug-likeness (QED) is 0.415. The van der Waals surface area contributed by atoms with Gasteiger partial charge in [0, 0.05) is 11.4 Å². The molecule has 0 saturated carbocycles. The van der Waals surface area contributed by atoms with Crippen LogP contribution in [0.1, 0.15) is 4.88 Å². The first-order valence-corrected chi connectivity index (χ1v) is 6.33. The van der Waals surface area contributed by atoms with Crippen molar-refractivity contribution in [3.05, 3.63) is 38.7 Å². The highest BCUT2D eigenvalue weighted by atomic mass is 32.1. The van der Waals surface area contributed by atoms with Crippen LogP contribution >= 0.6 is 11.3 Å². The predicted octanol–water partition coefficient (Wildman–Crippen LogP) is 1.39. The van der Waals surface area contributed by atoms with Crippen LogP contribution in [0.2, 0.25) is 0 Å². The van der Waals surface area contributed by atoms with E-state index in [0.717, 1.165) is 12.6 Å². The van der Waals surface area contributed by atoms with Crippen LogP contribution in [0.25, 0.3) is 0 Å². The summed E-state index contributed by atoms with van der Waals surface area (Å²) in [7, 11) is 0. The second kappa shape index (κ2) is 6.07. The molecular formula is C10H12N6O2S. The fourth-order valence-corrected chi connectivity index (χ4v) is 2.18. The molecule has 0 aliphatic rings. The van der Waals surface area contributed by atoms with E-state index in [4.69, 9.17) is 5.84 Å². The number of nitrogens with two attached hydrogens (primary N) is 1. The number of hydrazine groups is 1. The minimum absolute atomic E-state index is 0.129. The standard InChI is InChI=1S/C10H12N6O2S/c11-15-10-13-6-8(16(17)18)9(14-10)12-4-3-7-2-1-5-19-7/h1-2,5-6H,3-4,11H2,(H2,12,13,14,15). The molecule has 0 aromatic carbocycles. The summed E-state index contributed by atoms with van der Waals surface area (Å²) >= 11 is 1.64. The van der Waals surface area contributed by atoms with Gasteiger partial charge in [-0.15, -0.1) is 11.3 Å². The van der Waals surface area contributed by atoms with Crippen LogP contribution in [0.15, 0.2) is 23.7 Å². The van der Waals surface area contributed by atoms with Crippen LogP contribution in [-0.2, 0) is 6.42 Å². The Labute approximate surface area is 112 Å². The molecule has 9 heteroatoms. The maximum Gasteiger partial charge on any atom is 0.329 e. The van der Waals surface area contributed by atoms with Gasteiger partial charge in [-0.1, -0.05) is 6.07 Å². The van der Waals surface area contributed by atoms with Crippen molar-refractivity contribution < 1.29 is 4.92 Å². The van der Waals surface area contributed by atoms with Gasteiger partial charge < -0.3 is 5.32 Å². The smallest absolute Gasteiger partial charge is 0.329 e. The first kappa shape index (κ1) is 13.2. The maximum atomic E-state index is 10.8. The van der Waals surface area contributed by atoms with Gasteiger partial charge in [-0.25, -0.2) is 10.8 Å². The molecule has 100 valence electrons. The van der Waals surface area contributed by atoms with E-state index in [-0.39, 0.29) is 17.5 Å². The lowest BCUT2D eigenvalue weighted by Crippen LogP contribution is -2.14. The third kappa shape index (κ3) is 3.36. The first-order valence-electron chi connectivity index (χ1n) is 5.45. The zero-order chi connectivity index (χ0) is 13.7. The van der Waals surface area contributed by atoms with E-state index in [2.05, 4.69) is 20.7 Å². The lowest BCUT2D eigenvalue weighted by Gasteiger charge is -2.06. The average molecular weight is 280 g/mol. The van der Waals surface area contributed by atoms with Gasteiger partial charge >= 0.3 is 5.69 Å². The van der Waals surface area contributed by atoms with Crippen LogP contribution in [-0.4, -0.2) is 21.4 Å². The zero-order valence-corrected chi connectivity index (χ0v) is 10.7. The molecule has 0 saturated heterocycles. The number of nitro groups is 1. The Morgan fingerprint density at radius 3 is 3.00 bits per heavy atom. The number of aromatic nitrogens is 2. The number of hydrogen-bond acceptors (Lipinski definition) is 8. The third-order valence-electron chi connectivity index (χ3n) is 2.34. The van der Waals surface area contributed by atoms with Crippen molar-refractivity contribution in [2.45, 2.75) is 6.42 Å². The normalized spacial score (nSPS) is 10.2. The van der Waals surface area contributed by atoms with Crippen molar-refractivity contribution in [3.63, 3.8) is 0 Å². The molecule has 2 heterocycles. The molecule has 4 N–H and O–H groups in total. The zero-order valence-electron chi connectivity index (χ0n) is 9.87. The number of nitrogens with zero attached hydrogens (tertiary/aromatic N) is 3. The van der Waals surface area contributed by atoms with E-state index < -0.39 is 4.92 Å². The van der Waals surface area contributed by atoms with Crippen molar-refractivity contribution >= 4 is 28.8 Å². The number of nitrogen functional groups attached to an aromatic ring is 1. The van der Waals surface area contributed by atoms with Crippen LogP contribution in [0.4, 0.5) is 17.5 Å². The minimum Gasteiger partial charge on any atom is -0.364 e. The summed E-state index contributed by atoms with van der Waals surface area (Å²) in [6.45, 7) is 0.544. The van der Waals surface area contributed by atoms with Gasteiger partial charge in [-0.2, -0.15) is 4.98 Å². The summed E-state index contributed by atoms with van der Waals surface area (Å²) in [5, 5.41) is 15.8. The van der Waals surface area contributed by atoms with Gasteiger partial charge in [0.05, 0.1) is 4.92 Å². The van der Waals surface area contributed by atoms with Crippen molar-refractivity contribution in [1.29, 1.82) is 0 Å². The van der Waals surface area contributed by atoms with Crippen LogP contribution in [0.3, 0.4) is 0 Å². The molecule has 8 nitrogen and oxygen atoms in total. The van der Waals surface area contributed by atoms with Crippen molar-refractivity contribution in [3.8, 4) is 0 Å². The highest BCUT2D eigenvalue weighted by Gasteiger charge is 2.16. The van der Waals surface area contributed by atoms with Gasteiger partial charge in [-0.05, 0) is 17.9 Å². The van der Waals surface area contributed by atoms with Gasteiger partial charge in [0.1, 0.15) is 6.20 Å². The van der Waals surface area contributed by atoms with Gasteiger partial charge in [-0.3, -0.25) is 15.5 Å². The maximum absolute atomic E-state index is 10.8. The Morgan fingerprint density at radius 1 is 1.53 bits per heavy atom. The summed E-state index contributed by atoms with van der Waals surface area (Å²) in [6, 6.07) is 3.97. The molecule has 0 aliphatic carbocycles. The molecule has 0 fully saturated rings. The second-order valence-corrected chi connectivity index (χ2v) is 4.62. The fraction of sp³-hybridized carbons (Fsp3) is 0.200. The summed E-state index contributed by atoms with van der Waals surface area (Å²) < 4.78 is 0. The third-order valence-corrected chi connectivity index (χ3v) is 3.28. The molecule has 0 atom stereocenters. The number of nitrogens with one attached hydrogen (secondary N) is 2. The summed E-state index contributed by atoms with van der Waals surface area (Å²) in [5.41, 5.74) is 2.08. The Hall–Kier alpha value is -2.26. The Balaban J connectivity index is 2.06. The largest absolute Gasteiger partial charge is 0.364 e. The number of hydrogen-bond donors (Lipinski definition) is 3. The van der Waals surface area contributed by atoms with Crippen LogP contribution in [0, 0.1) is 10.1 Å². The lowest BCUT2D eigenvalue weighted by atomic mass is 10.3. The summed E-state index contributed by atoms with van der Waals surface area (Å²) in [5.74, 6) is 5.47. The molecule has 2 aromatic heterocycles. The van der Waals surface area contributed by atoms with E-state index in [1.807, 2.05) is 17.5 Å². The number of anilines is 2. The van der Waals surface area contributed by atoms with E-state index in [1.165, 1.54) is 4.88 Å². The second-order valence-electron chi connectivity index (χ2n) is 3.59. The predicted molar refractivity (Wildman–Crippen MR) is 73.0 cm³/mol. The highest BCUT2D eigenvalue weighted by Crippen LogP contribution is 2.21. The molecule has 0 radical (unpaired) electrons. The molecule has 0 aliphatic heterocycles. The topological polar surface area (TPSA) is 119 Å². The lowest BCUT2D eigenvalue weighted by molar-refractivity contribution is -0.384. The van der Waals surface area contributed by atoms with Crippen molar-refractivity contribution in [2.24, 2.45) is 5.84 Å². The van der Waals surface area contributed by atoms with Gasteiger partial charge in [0.15, 0.2) is 0 Å². The van der Waals surface area contributed by atoms with Gasteiger partial charge in [0.25, 0.3) is 0 Å². The summed E-state index contributed by atoms with van der Waals surface area (Å²) in [4.78, 5) is 19.2. The fourth-order valence-electron chi connectivity index (χ4n) is 1.47. The molecule has 0 amide bonds. The van der Waals surface area contributed by atoms with E-state index in [0.29, 0.717) is 6.54 Å². The molecule has 2 rings (SSSR count). The van der Waals surface area contributed by atoms with E-state index >= 15 is 0 Å². The van der Waals surface area contributed by atoms with E-state index in [1.54, 1.807) is 11.3 Å². The Kier molecular flexibility index (Phi) is 4.21. The molecule has 2 aromatic rings. The molecular weight excluding hydrogens is 268 g/mol. The molecule has 0 spiro atoms. The SMILES string of the molecule is NNc1ncc([N+](=O)[O-])c(NCCc2cccs2)n1. The first-order chi connectivity index (χ1) is 9.20. The Bertz CT molecular complexity index is 559. The minimum atomic E-state index is -0.534. The van der Waals surface area contributed by atoms with Crippen LogP contribution in [0.5, 0.6) is 0 Å². The van der Waals surface area contributed by atoms with Crippen LogP contribution < -0.4 is 16.6 Å². The number of rotatable bonds is 6. The monoisotopic (exact) mass is 280 g/mol. The van der Waals surface area contributed by atoms with Crippen molar-refractivity contribution in [2.75, 3.05) is 17.3 Å². The Morgan fingerprint density at radius 2 is 2.37 bits per heavy atom. The van der Waals surface area contributed by atoms with Crippen molar-refractivity contribution in [1.82, 2.24) is 9.97 Å². The molecule has 0 bridgehead atoms. The van der Waals surface area contributed by atoms with E-state index in [9.17, 15) is 10.1 Å². The number of thiophene rings is 1. The molecule has 0 unspecified atom stereocenters. The highest BCUT2D eigenvalue weighted by molar-refractivity contribution is 7.09. The summed E-state index contributed by atoms with van der Waals surface area (Å²) in [6.07, 6.45) is 1.89. The average Bonchev–Trinajstić information content (AvgIpc) is 2.91.